The van der Waals surface area contributed by atoms with Gasteiger partial charge in [-0.2, -0.15) is 13.2 Å². The summed E-state index contributed by atoms with van der Waals surface area (Å²) in [6, 6.07) is 4.38. The number of carbonyl (C=O) groups excluding carboxylic acids is 1. The first-order valence-electron chi connectivity index (χ1n) is 9.89. The van der Waals surface area contributed by atoms with Crippen molar-refractivity contribution in [3.63, 3.8) is 0 Å². The lowest BCUT2D eigenvalue weighted by Crippen LogP contribution is -2.39. The summed E-state index contributed by atoms with van der Waals surface area (Å²) in [5.41, 5.74) is -0.341. The summed E-state index contributed by atoms with van der Waals surface area (Å²) < 4.78 is 39.8. The van der Waals surface area contributed by atoms with E-state index in [4.69, 9.17) is 0 Å². The van der Waals surface area contributed by atoms with Crippen molar-refractivity contribution in [2.75, 3.05) is 6.61 Å². The van der Waals surface area contributed by atoms with Crippen LogP contribution in [-0.4, -0.2) is 33.2 Å². The maximum Gasteiger partial charge on any atom is 0.416 e. The maximum absolute atomic E-state index is 13.0. The van der Waals surface area contributed by atoms with Crippen molar-refractivity contribution in [2.45, 2.75) is 57.8 Å². The van der Waals surface area contributed by atoms with E-state index in [-0.39, 0.29) is 42.9 Å². The zero-order valence-electron chi connectivity index (χ0n) is 16.6. The Morgan fingerprint density at radius 2 is 1.87 bits per heavy atom. The Morgan fingerprint density at radius 1 is 1.23 bits per heavy atom. The van der Waals surface area contributed by atoms with E-state index in [0.29, 0.717) is 11.3 Å². The van der Waals surface area contributed by atoms with Crippen LogP contribution in [0.1, 0.15) is 42.5 Å². The molecule has 1 aliphatic carbocycles. The molecule has 0 radical (unpaired) electrons. The second-order valence-electron chi connectivity index (χ2n) is 7.49. The molecule has 3 rings (SSSR count). The summed E-state index contributed by atoms with van der Waals surface area (Å²) in [6.45, 7) is 1.05. The number of rotatable bonds is 6. The first-order chi connectivity index (χ1) is 14.2. The summed E-state index contributed by atoms with van der Waals surface area (Å²) >= 11 is 0. The number of carbonyl (C=O) groups is 1. The molecular weight excluding hydrogens is 399 g/mol. The molecule has 1 aromatic carbocycles. The lowest BCUT2D eigenvalue weighted by molar-refractivity contribution is -0.137. The lowest BCUT2D eigenvalue weighted by atomic mass is 10.1. The van der Waals surface area contributed by atoms with Gasteiger partial charge in [-0.3, -0.25) is 14.2 Å². The number of aliphatic hydroxyl groups is 1. The largest absolute Gasteiger partial charge is 0.416 e. The Labute approximate surface area is 171 Å². The number of alkyl halides is 3. The minimum Gasteiger partial charge on any atom is -0.396 e. The number of aliphatic hydroxyl groups excluding tert-OH is 1. The Hall–Kier alpha value is -2.68. The number of amides is 1. The monoisotopic (exact) mass is 423 g/mol. The molecule has 1 saturated carbocycles. The molecule has 2 N–H and O–H groups in total. The van der Waals surface area contributed by atoms with Crippen LogP contribution in [0.4, 0.5) is 13.2 Å². The Kier molecular flexibility index (Phi) is 6.60. The molecule has 162 valence electrons. The molecule has 1 heterocycles. The number of halogens is 3. The third-order valence-electron chi connectivity index (χ3n) is 5.32. The number of aryl methyl sites for hydroxylation is 1. The second-order valence-corrected chi connectivity index (χ2v) is 7.49. The third kappa shape index (κ3) is 4.89. The van der Waals surface area contributed by atoms with Crippen LogP contribution in [0.15, 0.2) is 29.1 Å². The van der Waals surface area contributed by atoms with Gasteiger partial charge in [-0.15, -0.1) is 0 Å². The van der Waals surface area contributed by atoms with Crippen molar-refractivity contribution in [2.24, 2.45) is 0 Å². The highest BCUT2D eigenvalue weighted by Gasteiger charge is 2.30. The van der Waals surface area contributed by atoms with E-state index in [0.717, 1.165) is 37.8 Å². The predicted octanol–water partition coefficient (Wildman–Crippen LogP) is 2.83. The van der Waals surface area contributed by atoms with E-state index in [1.165, 1.54) is 16.7 Å². The maximum atomic E-state index is 13.0. The Morgan fingerprint density at radius 3 is 2.43 bits per heavy atom. The minimum atomic E-state index is -4.48. The molecule has 1 aromatic heterocycles. The number of aromatic nitrogens is 2. The van der Waals surface area contributed by atoms with Gasteiger partial charge < -0.3 is 10.4 Å². The minimum absolute atomic E-state index is 0.0676. The topological polar surface area (TPSA) is 84.2 Å². The van der Waals surface area contributed by atoms with Crippen LogP contribution in [0.5, 0.6) is 0 Å². The van der Waals surface area contributed by atoms with Crippen molar-refractivity contribution in [1.29, 1.82) is 0 Å². The van der Waals surface area contributed by atoms with E-state index in [9.17, 15) is 27.9 Å². The summed E-state index contributed by atoms with van der Waals surface area (Å²) in [5, 5.41) is 12.2. The molecule has 1 aliphatic rings. The molecule has 9 heteroatoms. The number of benzene rings is 1. The fraction of sp³-hybridized carbons (Fsp3) is 0.476. The summed E-state index contributed by atoms with van der Waals surface area (Å²) in [7, 11) is 0. The van der Waals surface area contributed by atoms with E-state index >= 15 is 0 Å². The van der Waals surface area contributed by atoms with Crippen molar-refractivity contribution >= 4 is 5.91 Å². The standard InChI is InChI=1S/C21H24F3N3O3/c1-13-17(10-11-28)20(30)27(12-18(29)26-16-4-2-3-5-16)19(25-13)14-6-8-15(9-7-14)21(22,23)24/h6-9,16,28H,2-5,10-12H2,1H3,(H,26,29). The number of hydrogen-bond donors (Lipinski definition) is 2. The van der Waals surface area contributed by atoms with Crippen molar-refractivity contribution in [1.82, 2.24) is 14.9 Å². The summed E-state index contributed by atoms with van der Waals surface area (Å²) in [6.07, 6.45) is -0.561. The van der Waals surface area contributed by atoms with Gasteiger partial charge in [0.25, 0.3) is 5.56 Å². The van der Waals surface area contributed by atoms with Gasteiger partial charge in [-0.05, 0) is 31.9 Å². The van der Waals surface area contributed by atoms with Gasteiger partial charge in [0.1, 0.15) is 12.4 Å². The molecular formula is C21H24F3N3O3. The first kappa shape index (κ1) is 22.0. The van der Waals surface area contributed by atoms with Crippen molar-refractivity contribution in [3.8, 4) is 11.4 Å². The fourth-order valence-electron chi connectivity index (χ4n) is 3.76. The second kappa shape index (κ2) is 8.99. The number of hydrogen-bond acceptors (Lipinski definition) is 4. The molecule has 0 atom stereocenters. The van der Waals surface area contributed by atoms with Gasteiger partial charge in [0.15, 0.2) is 0 Å². The predicted molar refractivity (Wildman–Crippen MR) is 105 cm³/mol. The van der Waals surface area contributed by atoms with E-state index in [1.54, 1.807) is 6.92 Å². The van der Waals surface area contributed by atoms with Crippen LogP contribution in [0, 0.1) is 6.92 Å². The summed E-state index contributed by atoms with van der Waals surface area (Å²) in [4.78, 5) is 30.0. The van der Waals surface area contributed by atoms with Gasteiger partial charge in [0.05, 0.1) is 5.56 Å². The van der Waals surface area contributed by atoms with Crippen LogP contribution < -0.4 is 10.9 Å². The van der Waals surface area contributed by atoms with Crippen molar-refractivity contribution in [3.05, 3.63) is 51.4 Å². The Balaban J connectivity index is 2.00. The van der Waals surface area contributed by atoms with Crippen LogP contribution in [0.25, 0.3) is 11.4 Å². The van der Waals surface area contributed by atoms with E-state index in [1.807, 2.05) is 0 Å². The molecule has 30 heavy (non-hydrogen) atoms. The quantitative estimate of drug-likeness (QED) is 0.749. The van der Waals surface area contributed by atoms with Gasteiger partial charge in [0, 0.05) is 35.9 Å². The molecule has 0 bridgehead atoms. The zero-order chi connectivity index (χ0) is 21.9. The van der Waals surface area contributed by atoms with Crippen molar-refractivity contribution < 1.29 is 23.1 Å². The fourth-order valence-corrected chi connectivity index (χ4v) is 3.76. The van der Waals surface area contributed by atoms with Gasteiger partial charge in [-0.25, -0.2) is 4.98 Å². The summed E-state index contributed by atoms with van der Waals surface area (Å²) in [5.74, 6) is -0.229. The average molecular weight is 423 g/mol. The number of nitrogens with zero attached hydrogens (tertiary/aromatic N) is 2. The zero-order valence-corrected chi connectivity index (χ0v) is 16.6. The van der Waals surface area contributed by atoms with Crippen LogP contribution in [-0.2, 0) is 23.9 Å². The Bertz CT molecular complexity index is 962. The third-order valence-corrected chi connectivity index (χ3v) is 5.32. The van der Waals surface area contributed by atoms with Gasteiger partial charge in [-0.1, -0.05) is 25.0 Å². The molecule has 2 aromatic rings. The smallest absolute Gasteiger partial charge is 0.396 e. The highest BCUT2D eigenvalue weighted by Crippen LogP contribution is 2.30. The molecule has 1 amide bonds. The van der Waals surface area contributed by atoms with Gasteiger partial charge in [0.2, 0.25) is 5.91 Å². The van der Waals surface area contributed by atoms with Crippen LogP contribution in [0.3, 0.4) is 0 Å². The molecule has 0 unspecified atom stereocenters. The molecule has 0 saturated heterocycles. The van der Waals surface area contributed by atoms with E-state index in [2.05, 4.69) is 10.3 Å². The molecule has 0 aliphatic heterocycles. The average Bonchev–Trinajstić information content (AvgIpc) is 3.19. The SMILES string of the molecule is Cc1nc(-c2ccc(C(F)(F)F)cc2)n(CC(=O)NC2CCCC2)c(=O)c1CCO. The first-order valence-corrected chi connectivity index (χ1v) is 9.89. The lowest BCUT2D eigenvalue weighted by Gasteiger charge is -2.18. The highest BCUT2D eigenvalue weighted by atomic mass is 19.4. The molecule has 0 spiro atoms. The molecule has 6 nitrogen and oxygen atoms in total. The van der Waals surface area contributed by atoms with Crippen LogP contribution in [0.2, 0.25) is 0 Å². The normalized spacial score (nSPS) is 14.8. The number of nitrogens with one attached hydrogen (secondary N) is 1. The van der Waals surface area contributed by atoms with Gasteiger partial charge >= 0.3 is 6.18 Å². The molecule has 1 fully saturated rings. The highest BCUT2D eigenvalue weighted by molar-refractivity contribution is 5.77. The van der Waals surface area contributed by atoms with E-state index < -0.39 is 17.3 Å². The van der Waals surface area contributed by atoms with Crippen LogP contribution >= 0.6 is 0 Å².